The molecule has 0 spiro atoms. The van der Waals surface area contributed by atoms with Gasteiger partial charge in [0.25, 0.3) is 0 Å². The first-order valence-corrected chi connectivity index (χ1v) is 15.7. The van der Waals surface area contributed by atoms with E-state index in [2.05, 4.69) is 9.80 Å². The topological polar surface area (TPSA) is 100 Å². The molecule has 0 amide bonds. The third-order valence-corrected chi connectivity index (χ3v) is 10.1. The lowest BCUT2D eigenvalue weighted by atomic mass is 10.1. The van der Waals surface area contributed by atoms with Crippen LogP contribution in [0.1, 0.15) is 23.2 Å². The quantitative estimate of drug-likeness (QED) is 0.328. The van der Waals surface area contributed by atoms with Gasteiger partial charge in [-0.3, -0.25) is 9.69 Å². The molecule has 0 radical (unpaired) electrons. The summed E-state index contributed by atoms with van der Waals surface area (Å²) in [6.07, 6.45) is 3.29. The van der Waals surface area contributed by atoms with Crippen molar-refractivity contribution < 1.29 is 23.8 Å². The maximum Gasteiger partial charge on any atom is 0.341 e. The molecule has 230 valence electrons. The number of hydrogen-bond donors (Lipinski definition) is 1. The zero-order chi connectivity index (χ0) is 30.4. The summed E-state index contributed by atoms with van der Waals surface area (Å²) in [5.74, 6) is -1.73. The van der Waals surface area contributed by atoms with Gasteiger partial charge in [-0.2, -0.15) is 0 Å². The van der Waals surface area contributed by atoms with E-state index >= 15 is 4.39 Å². The lowest BCUT2D eigenvalue weighted by Crippen LogP contribution is -2.44. The van der Waals surface area contributed by atoms with Gasteiger partial charge in [0.05, 0.1) is 40.9 Å². The molecule has 3 aliphatic rings. The van der Waals surface area contributed by atoms with Crippen molar-refractivity contribution in [2.24, 2.45) is 0 Å². The number of aromatic nitrogens is 2. The second-order valence-electron chi connectivity index (χ2n) is 11.6. The van der Waals surface area contributed by atoms with Crippen molar-refractivity contribution in [1.29, 1.82) is 0 Å². The molecule has 10 nitrogen and oxygen atoms in total. The number of hydrogen-bond acceptors (Lipinski definition) is 9. The Kier molecular flexibility index (Phi) is 7.83. The molecule has 3 saturated heterocycles. The molecule has 3 aliphatic heterocycles. The van der Waals surface area contributed by atoms with Crippen LogP contribution in [0.4, 0.5) is 15.2 Å². The highest BCUT2D eigenvalue weighted by Gasteiger charge is 2.30. The first kappa shape index (κ1) is 28.9. The minimum Gasteiger partial charge on any atom is -0.477 e. The number of benzene rings is 2. The second kappa shape index (κ2) is 11.9. The number of carboxylic acids is 1. The number of carbonyl (C=O) groups is 1. The van der Waals surface area contributed by atoms with Crippen molar-refractivity contribution in [3.8, 4) is 16.9 Å². The lowest BCUT2D eigenvalue weighted by molar-refractivity contribution is 0.0209. The number of carboxylic acid groups (broad SMARTS) is 1. The Morgan fingerprint density at radius 2 is 1.86 bits per heavy atom. The number of morpholine rings is 1. The van der Waals surface area contributed by atoms with E-state index in [1.165, 1.54) is 18.3 Å². The summed E-state index contributed by atoms with van der Waals surface area (Å²) in [4.78, 5) is 36.5. The van der Waals surface area contributed by atoms with E-state index in [9.17, 15) is 14.7 Å². The summed E-state index contributed by atoms with van der Waals surface area (Å²) in [7, 11) is 1.66. The van der Waals surface area contributed by atoms with Gasteiger partial charge in [0.1, 0.15) is 11.4 Å². The lowest BCUT2D eigenvalue weighted by Gasteiger charge is -2.32. The van der Waals surface area contributed by atoms with Crippen LogP contribution in [0.5, 0.6) is 0 Å². The van der Waals surface area contributed by atoms with Crippen molar-refractivity contribution in [2.45, 2.75) is 25.0 Å². The van der Waals surface area contributed by atoms with Crippen LogP contribution >= 0.6 is 11.3 Å². The maximum atomic E-state index is 15.5. The Hall–Kier alpha value is -3.84. The number of ether oxygens (including phenoxy) is 2. The molecule has 4 aromatic rings. The largest absolute Gasteiger partial charge is 0.477 e. The van der Waals surface area contributed by atoms with Gasteiger partial charge in [-0.1, -0.05) is 17.4 Å². The number of halogens is 1. The molecule has 3 fully saturated rings. The number of thiazole rings is 1. The Morgan fingerprint density at radius 1 is 1.05 bits per heavy atom. The Labute approximate surface area is 257 Å². The van der Waals surface area contributed by atoms with Crippen molar-refractivity contribution in [3.05, 3.63) is 70.3 Å². The number of nitrogens with zero attached hydrogens (tertiary/aromatic N) is 5. The molecule has 7 rings (SSSR count). The van der Waals surface area contributed by atoms with E-state index in [4.69, 9.17) is 14.5 Å². The van der Waals surface area contributed by atoms with Gasteiger partial charge in [0.15, 0.2) is 10.6 Å². The van der Waals surface area contributed by atoms with Crippen molar-refractivity contribution >= 4 is 38.3 Å². The summed E-state index contributed by atoms with van der Waals surface area (Å²) in [5.41, 5.74) is 1.86. The van der Waals surface area contributed by atoms with Crippen LogP contribution in [0.25, 0.3) is 27.2 Å². The van der Waals surface area contributed by atoms with Gasteiger partial charge in [-0.05, 0) is 43.2 Å². The molecule has 0 unspecified atom stereocenters. The monoisotopic (exact) mass is 619 g/mol. The highest BCUT2D eigenvalue weighted by atomic mass is 32.1. The molecule has 44 heavy (non-hydrogen) atoms. The molecular formula is C32H34FN5O5S. The van der Waals surface area contributed by atoms with Crippen LogP contribution in [0, 0.1) is 5.82 Å². The summed E-state index contributed by atoms with van der Waals surface area (Å²) < 4.78 is 29.0. The van der Waals surface area contributed by atoms with E-state index in [-0.39, 0.29) is 11.7 Å². The molecule has 2 atom stereocenters. The molecular weight excluding hydrogens is 585 g/mol. The van der Waals surface area contributed by atoms with Crippen LogP contribution in [-0.2, 0) is 9.47 Å². The van der Waals surface area contributed by atoms with Gasteiger partial charge in [0.2, 0.25) is 0 Å². The number of anilines is 2. The number of rotatable bonds is 7. The molecule has 12 heteroatoms. The summed E-state index contributed by atoms with van der Waals surface area (Å²) in [5, 5.41) is 10.7. The van der Waals surface area contributed by atoms with Gasteiger partial charge >= 0.3 is 5.97 Å². The predicted molar refractivity (Wildman–Crippen MR) is 168 cm³/mol. The van der Waals surface area contributed by atoms with Crippen LogP contribution in [0.15, 0.2) is 53.5 Å². The van der Waals surface area contributed by atoms with Crippen LogP contribution in [0.3, 0.4) is 0 Å². The van der Waals surface area contributed by atoms with Crippen molar-refractivity contribution in [3.63, 3.8) is 0 Å². The highest BCUT2D eigenvalue weighted by Crippen LogP contribution is 2.35. The molecule has 2 aromatic heterocycles. The number of aromatic carboxylic acids is 1. The predicted octanol–water partition coefficient (Wildman–Crippen LogP) is 4.09. The fraction of sp³-hybridized carbons (Fsp3) is 0.406. The molecule has 2 aromatic carbocycles. The number of methoxy groups -OCH3 is 1. The standard InChI is InChI=1S/C32H34FN5O5S/c1-42-23-7-9-36(18-23)27-5-2-20(14-25(27)33)28-16-29(39)24(31(40)41)19-38(28)21-3-4-26-30(15-21)44-32(34-26)37-8-6-22(17-37)35-10-12-43-13-11-35/h2-5,14-16,19,22-23H,6-13,17-18H2,1H3,(H,40,41)/t22-,23+/m0/s1. The minimum absolute atomic E-state index is 0.0571. The van der Waals surface area contributed by atoms with Gasteiger partial charge in [0, 0.05) is 75.9 Å². The normalized spacial score (nSPS) is 21.0. The fourth-order valence-corrected chi connectivity index (χ4v) is 7.57. The molecule has 5 heterocycles. The third-order valence-electron chi connectivity index (χ3n) is 8.98. The smallest absolute Gasteiger partial charge is 0.341 e. The van der Waals surface area contributed by atoms with E-state index in [1.807, 2.05) is 23.1 Å². The first-order valence-electron chi connectivity index (χ1n) is 14.9. The maximum absolute atomic E-state index is 15.5. The van der Waals surface area contributed by atoms with Gasteiger partial charge in [-0.25, -0.2) is 14.2 Å². The number of fused-ring (bicyclic) bond motifs is 1. The molecule has 0 saturated carbocycles. The fourth-order valence-electron chi connectivity index (χ4n) is 6.53. The third kappa shape index (κ3) is 5.47. The van der Waals surface area contributed by atoms with Gasteiger partial charge in [-0.15, -0.1) is 0 Å². The van der Waals surface area contributed by atoms with Crippen molar-refractivity contribution in [2.75, 3.05) is 69.4 Å². The Balaban J connectivity index is 1.22. The average Bonchev–Trinajstić information content (AvgIpc) is 3.80. The second-order valence-corrected chi connectivity index (χ2v) is 12.6. The van der Waals surface area contributed by atoms with E-state index in [0.29, 0.717) is 41.8 Å². The molecule has 1 N–H and O–H groups in total. The number of pyridine rings is 1. The molecule has 0 bridgehead atoms. The zero-order valence-electron chi connectivity index (χ0n) is 24.4. The Morgan fingerprint density at radius 3 is 2.61 bits per heavy atom. The zero-order valence-corrected chi connectivity index (χ0v) is 25.3. The van der Waals surface area contributed by atoms with Crippen molar-refractivity contribution in [1.82, 2.24) is 14.5 Å². The summed E-state index contributed by atoms with van der Waals surface area (Å²) in [6, 6.07) is 12.4. The van der Waals surface area contributed by atoms with Crippen LogP contribution < -0.4 is 15.2 Å². The minimum atomic E-state index is -1.32. The highest BCUT2D eigenvalue weighted by molar-refractivity contribution is 7.22. The van der Waals surface area contributed by atoms with Gasteiger partial charge < -0.3 is 28.9 Å². The SMILES string of the molecule is CO[C@@H]1CCN(c2ccc(-c3cc(=O)c(C(=O)O)cn3-c3ccc4nc(N5CC[C@H](N6CCOCC6)C5)sc4c3)cc2F)C1. The van der Waals surface area contributed by atoms with Crippen LogP contribution in [-0.4, -0.2) is 97.3 Å². The van der Waals surface area contributed by atoms with E-state index in [1.54, 1.807) is 35.1 Å². The summed E-state index contributed by atoms with van der Waals surface area (Å²) in [6.45, 7) is 6.63. The average molecular weight is 620 g/mol. The molecule has 0 aliphatic carbocycles. The van der Waals surface area contributed by atoms with Crippen LogP contribution in [0.2, 0.25) is 0 Å². The van der Waals surface area contributed by atoms with E-state index < -0.39 is 17.2 Å². The Bertz CT molecular complexity index is 1770. The summed E-state index contributed by atoms with van der Waals surface area (Å²) >= 11 is 1.59. The first-order chi connectivity index (χ1) is 21.4. The van der Waals surface area contributed by atoms with E-state index in [0.717, 1.165) is 67.6 Å².